The van der Waals surface area contributed by atoms with E-state index < -0.39 is 23.8 Å². The van der Waals surface area contributed by atoms with Crippen molar-refractivity contribution in [3.05, 3.63) is 83.7 Å². The number of fused-ring (bicyclic) bond motifs is 4. The lowest BCUT2D eigenvalue weighted by molar-refractivity contribution is -0.139. The molecule has 226 valence electrons. The first-order valence-corrected chi connectivity index (χ1v) is 14.3. The van der Waals surface area contributed by atoms with E-state index in [4.69, 9.17) is 14.2 Å². The van der Waals surface area contributed by atoms with Crippen molar-refractivity contribution in [2.24, 2.45) is 4.99 Å². The standard InChI is InChI=1S/C32H27F3N4O5/c1-2-39-13-10-18(11-14-39)42-25-6-3-17(15-22(25)32(33,34)35)31(41)38-28-27-21-16-19(4-7-23(21)44-29(27)28)43-24-9-12-36-30-20(24)5-8-26(40)37-30/h2-4,6-7,9,12,15-16,18,27,29H,1,5,8,10-11,13-14H2,(H,36,37,40)/t27-,29-/m0/s1. The molecular formula is C32H27F3N4O5. The summed E-state index contributed by atoms with van der Waals surface area (Å²) in [6.07, 6.45) is -0.306. The summed E-state index contributed by atoms with van der Waals surface area (Å²) >= 11 is 0. The highest BCUT2D eigenvalue weighted by atomic mass is 19.4. The largest absolute Gasteiger partial charge is 0.490 e. The average Bonchev–Trinajstić information content (AvgIpc) is 3.53. The second-order valence-electron chi connectivity index (χ2n) is 11.1. The summed E-state index contributed by atoms with van der Waals surface area (Å²) in [6, 6.07) is 10.4. The highest BCUT2D eigenvalue weighted by molar-refractivity contribution is 6.19. The maximum absolute atomic E-state index is 14.0. The number of carbonyl (C=O) groups excluding carboxylic acids is 2. The van der Waals surface area contributed by atoms with Crippen LogP contribution in [0.5, 0.6) is 23.0 Å². The van der Waals surface area contributed by atoms with Crippen molar-refractivity contribution in [1.82, 2.24) is 9.88 Å². The van der Waals surface area contributed by atoms with Gasteiger partial charge in [-0.1, -0.05) is 6.58 Å². The van der Waals surface area contributed by atoms with Gasteiger partial charge in [-0.25, -0.2) is 9.98 Å². The Labute approximate surface area is 250 Å². The summed E-state index contributed by atoms with van der Waals surface area (Å²) in [4.78, 5) is 35.1. The van der Waals surface area contributed by atoms with Crippen LogP contribution in [0, 0.1) is 0 Å². The number of nitrogens with one attached hydrogen (secondary N) is 1. The Kier molecular flexibility index (Phi) is 6.79. The van der Waals surface area contributed by atoms with E-state index in [1.165, 1.54) is 12.1 Å². The number of hydrogen-bond donors (Lipinski definition) is 1. The van der Waals surface area contributed by atoms with E-state index >= 15 is 0 Å². The number of amides is 2. The molecule has 44 heavy (non-hydrogen) atoms. The van der Waals surface area contributed by atoms with E-state index in [0.29, 0.717) is 67.6 Å². The molecular weight excluding hydrogens is 577 g/mol. The minimum Gasteiger partial charge on any atom is -0.490 e. The van der Waals surface area contributed by atoms with Gasteiger partial charge in [0.1, 0.15) is 41.0 Å². The number of halogens is 3. The van der Waals surface area contributed by atoms with Crippen molar-refractivity contribution < 1.29 is 37.0 Å². The van der Waals surface area contributed by atoms with Crippen LogP contribution in [0.3, 0.4) is 0 Å². The number of piperidine rings is 1. The molecule has 2 amide bonds. The van der Waals surface area contributed by atoms with E-state index in [2.05, 4.69) is 21.9 Å². The molecule has 1 saturated heterocycles. The second-order valence-corrected chi connectivity index (χ2v) is 11.1. The quantitative estimate of drug-likeness (QED) is 0.374. The smallest absolute Gasteiger partial charge is 0.419 e. The fourth-order valence-electron chi connectivity index (χ4n) is 5.89. The maximum Gasteiger partial charge on any atom is 0.419 e. The molecule has 2 fully saturated rings. The lowest BCUT2D eigenvalue weighted by Gasteiger charge is -2.31. The number of benzene rings is 2. The third-order valence-electron chi connectivity index (χ3n) is 8.27. The van der Waals surface area contributed by atoms with Gasteiger partial charge in [-0.3, -0.25) is 9.59 Å². The Bertz CT molecular complexity index is 1710. The van der Waals surface area contributed by atoms with Crippen LogP contribution in [0.15, 0.2) is 66.4 Å². The second kappa shape index (κ2) is 10.7. The Morgan fingerprint density at radius 2 is 1.93 bits per heavy atom. The lowest BCUT2D eigenvalue weighted by Crippen LogP contribution is -2.35. The fraction of sp³-hybridized carbons (Fsp3) is 0.312. The number of pyridine rings is 1. The molecule has 0 bridgehead atoms. The number of aromatic nitrogens is 1. The molecule has 1 aromatic heterocycles. The number of hydrogen-bond acceptors (Lipinski definition) is 7. The number of rotatable bonds is 6. The summed E-state index contributed by atoms with van der Waals surface area (Å²) in [7, 11) is 0. The summed E-state index contributed by atoms with van der Waals surface area (Å²) in [5.41, 5.74) is 0.833. The zero-order valence-corrected chi connectivity index (χ0v) is 23.4. The maximum atomic E-state index is 14.0. The van der Waals surface area contributed by atoms with Crippen molar-refractivity contribution >= 4 is 23.3 Å². The molecule has 2 aromatic carbocycles. The van der Waals surface area contributed by atoms with Gasteiger partial charge in [0.25, 0.3) is 5.91 Å². The van der Waals surface area contributed by atoms with Crippen molar-refractivity contribution in [3.8, 4) is 23.0 Å². The summed E-state index contributed by atoms with van der Waals surface area (Å²) in [5, 5.41) is 2.74. The van der Waals surface area contributed by atoms with Crippen LogP contribution in [0.25, 0.3) is 0 Å². The van der Waals surface area contributed by atoms with E-state index in [-0.39, 0.29) is 29.2 Å². The number of anilines is 1. The predicted octanol–water partition coefficient (Wildman–Crippen LogP) is 5.90. The Morgan fingerprint density at radius 3 is 2.70 bits per heavy atom. The summed E-state index contributed by atoms with van der Waals surface area (Å²) in [6.45, 7) is 5.02. The van der Waals surface area contributed by atoms with Gasteiger partial charge in [0, 0.05) is 55.2 Å². The van der Waals surface area contributed by atoms with Gasteiger partial charge < -0.3 is 24.4 Å². The van der Waals surface area contributed by atoms with Crippen molar-refractivity contribution in [2.75, 3.05) is 18.4 Å². The van der Waals surface area contributed by atoms with Gasteiger partial charge in [0.05, 0.1) is 17.2 Å². The Hall–Kier alpha value is -4.87. The summed E-state index contributed by atoms with van der Waals surface area (Å²) in [5.74, 6) is 0.713. The van der Waals surface area contributed by atoms with E-state index in [9.17, 15) is 22.8 Å². The Morgan fingerprint density at radius 1 is 1.11 bits per heavy atom. The normalized spacial score (nSPS) is 21.5. The van der Waals surface area contributed by atoms with Gasteiger partial charge in [-0.05, 0) is 55.1 Å². The Balaban J connectivity index is 1.07. The molecule has 3 aliphatic heterocycles. The van der Waals surface area contributed by atoms with E-state index in [1.54, 1.807) is 36.7 Å². The molecule has 1 aliphatic carbocycles. The molecule has 9 nitrogen and oxygen atoms in total. The number of ether oxygens (including phenoxy) is 3. The SMILES string of the molecule is C=CN1CCC(Oc2ccc(C(=O)N=C3[C@H]4Oc5ccc(Oc6ccnc7c6CCC(=O)N7)cc5[C@@H]34)cc2C(F)(F)F)CC1. The number of nitrogens with zero attached hydrogens (tertiary/aromatic N) is 3. The van der Waals surface area contributed by atoms with Gasteiger partial charge in [0.2, 0.25) is 5.91 Å². The van der Waals surface area contributed by atoms with Gasteiger partial charge >= 0.3 is 6.18 Å². The van der Waals surface area contributed by atoms with Gasteiger partial charge in [-0.2, -0.15) is 13.2 Å². The third kappa shape index (κ3) is 5.24. The highest BCUT2D eigenvalue weighted by Crippen LogP contribution is 2.52. The summed E-state index contributed by atoms with van der Waals surface area (Å²) < 4.78 is 59.8. The zero-order valence-electron chi connectivity index (χ0n) is 23.4. The molecule has 7 rings (SSSR count). The number of aliphatic imine (C=N–C) groups is 1. The molecule has 0 unspecified atom stereocenters. The first-order chi connectivity index (χ1) is 21.2. The van der Waals surface area contributed by atoms with Gasteiger partial charge in [-0.15, -0.1) is 0 Å². The minimum absolute atomic E-state index is 0.1000. The number of carbonyl (C=O) groups is 2. The van der Waals surface area contributed by atoms with Crippen molar-refractivity contribution in [3.63, 3.8) is 0 Å². The third-order valence-corrected chi connectivity index (χ3v) is 8.27. The number of likely N-dealkylation sites (tertiary alicyclic amines) is 1. The first kappa shape index (κ1) is 27.9. The molecule has 2 atom stereocenters. The van der Waals surface area contributed by atoms with Crippen LogP contribution in [0.4, 0.5) is 19.0 Å². The molecule has 1 N–H and O–H groups in total. The van der Waals surface area contributed by atoms with E-state index in [0.717, 1.165) is 17.2 Å². The monoisotopic (exact) mass is 604 g/mol. The number of alkyl halides is 3. The van der Waals surface area contributed by atoms with Crippen LogP contribution in [0.1, 0.15) is 52.2 Å². The average molecular weight is 605 g/mol. The molecule has 0 spiro atoms. The van der Waals surface area contributed by atoms with Crippen LogP contribution < -0.4 is 19.5 Å². The van der Waals surface area contributed by atoms with Crippen LogP contribution in [-0.4, -0.2) is 52.7 Å². The topological polar surface area (TPSA) is 102 Å². The fourth-order valence-corrected chi connectivity index (χ4v) is 5.89. The van der Waals surface area contributed by atoms with Crippen LogP contribution in [0.2, 0.25) is 0 Å². The molecule has 1 saturated carbocycles. The van der Waals surface area contributed by atoms with E-state index in [1.807, 2.05) is 4.90 Å². The van der Waals surface area contributed by atoms with Crippen LogP contribution >= 0.6 is 0 Å². The molecule has 0 radical (unpaired) electrons. The van der Waals surface area contributed by atoms with Gasteiger partial charge in [0.15, 0.2) is 0 Å². The zero-order chi connectivity index (χ0) is 30.6. The lowest BCUT2D eigenvalue weighted by atomic mass is 10.1. The minimum atomic E-state index is -4.71. The highest BCUT2D eigenvalue weighted by Gasteiger charge is 2.56. The van der Waals surface area contributed by atoms with Crippen molar-refractivity contribution in [2.45, 2.75) is 50.0 Å². The molecule has 4 heterocycles. The molecule has 3 aromatic rings. The molecule has 4 aliphatic rings. The first-order valence-electron chi connectivity index (χ1n) is 14.3. The predicted molar refractivity (Wildman–Crippen MR) is 153 cm³/mol. The molecule has 12 heteroatoms. The van der Waals surface area contributed by atoms with Crippen LogP contribution in [-0.2, 0) is 17.4 Å². The van der Waals surface area contributed by atoms with Crippen molar-refractivity contribution in [1.29, 1.82) is 0 Å².